The van der Waals surface area contributed by atoms with E-state index in [-0.39, 0.29) is 12.4 Å². The third kappa shape index (κ3) is 4.11. The van der Waals surface area contributed by atoms with Crippen LogP contribution in [0, 0.1) is 0 Å². The standard InChI is InChI=1S/C16H14Cl2N2S.ClH/c17-13-4-2-1-3-12(13)10-21-15-6-5-11(9-14(15)18)16-19-7-8-20-16;/h1-6,9H,7-8,10H2,(H,19,20);1H. The van der Waals surface area contributed by atoms with Crippen molar-refractivity contribution in [2.45, 2.75) is 10.6 Å². The van der Waals surface area contributed by atoms with Crippen molar-refractivity contribution in [1.82, 2.24) is 5.32 Å². The van der Waals surface area contributed by atoms with Crippen LogP contribution in [0.15, 0.2) is 52.4 Å². The van der Waals surface area contributed by atoms with Gasteiger partial charge in [-0.15, -0.1) is 24.2 Å². The molecule has 0 aliphatic carbocycles. The summed E-state index contributed by atoms with van der Waals surface area (Å²) < 4.78 is 0. The summed E-state index contributed by atoms with van der Waals surface area (Å²) in [5, 5.41) is 4.80. The van der Waals surface area contributed by atoms with Crippen molar-refractivity contribution in [1.29, 1.82) is 0 Å². The highest BCUT2D eigenvalue weighted by molar-refractivity contribution is 7.98. The maximum absolute atomic E-state index is 6.38. The predicted molar refractivity (Wildman–Crippen MR) is 99.1 cm³/mol. The van der Waals surface area contributed by atoms with Crippen molar-refractivity contribution >= 4 is 53.2 Å². The molecule has 0 unspecified atom stereocenters. The Balaban J connectivity index is 0.00000176. The van der Waals surface area contributed by atoms with E-state index in [0.29, 0.717) is 0 Å². The highest BCUT2D eigenvalue weighted by atomic mass is 35.5. The summed E-state index contributed by atoms with van der Waals surface area (Å²) in [6, 6.07) is 13.9. The van der Waals surface area contributed by atoms with Crippen LogP contribution in [0.5, 0.6) is 0 Å². The highest BCUT2D eigenvalue weighted by Crippen LogP contribution is 2.32. The first-order valence-corrected chi connectivity index (χ1v) is 8.42. The van der Waals surface area contributed by atoms with Crippen LogP contribution in [0.1, 0.15) is 11.1 Å². The van der Waals surface area contributed by atoms with Crippen molar-refractivity contribution in [3.05, 3.63) is 63.6 Å². The van der Waals surface area contributed by atoms with E-state index in [1.54, 1.807) is 11.8 Å². The molecule has 2 aromatic rings. The van der Waals surface area contributed by atoms with Gasteiger partial charge in [0.15, 0.2) is 0 Å². The third-order valence-electron chi connectivity index (χ3n) is 3.22. The van der Waals surface area contributed by atoms with Gasteiger partial charge in [-0.3, -0.25) is 4.99 Å². The smallest absolute Gasteiger partial charge is 0.128 e. The van der Waals surface area contributed by atoms with Crippen LogP contribution in [-0.4, -0.2) is 18.9 Å². The average molecular weight is 374 g/mol. The van der Waals surface area contributed by atoms with E-state index in [9.17, 15) is 0 Å². The van der Waals surface area contributed by atoms with E-state index < -0.39 is 0 Å². The fourth-order valence-electron chi connectivity index (χ4n) is 2.13. The molecule has 1 aliphatic rings. The lowest BCUT2D eigenvalue weighted by Gasteiger charge is -2.08. The number of amidine groups is 1. The number of halogens is 3. The summed E-state index contributed by atoms with van der Waals surface area (Å²) in [6.07, 6.45) is 0. The number of hydrogen-bond donors (Lipinski definition) is 1. The minimum absolute atomic E-state index is 0. The van der Waals surface area contributed by atoms with Gasteiger partial charge < -0.3 is 5.32 Å². The minimum Gasteiger partial charge on any atom is -0.368 e. The molecular weight excluding hydrogens is 359 g/mol. The molecule has 0 aromatic heterocycles. The molecule has 0 radical (unpaired) electrons. The fraction of sp³-hybridized carbons (Fsp3) is 0.188. The average Bonchev–Trinajstić information content (AvgIpc) is 3.02. The van der Waals surface area contributed by atoms with Gasteiger partial charge in [-0.05, 0) is 23.8 Å². The topological polar surface area (TPSA) is 24.4 Å². The molecule has 22 heavy (non-hydrogen) atoms. The Kier molecular flexibility index (Phi) is 6.45. The lowest BCUT2D eigenvalue weighted by molar-refractivity contribution is 0.960. The van der Waals surface area contributed by atoms with Gasteiger partial charge >= 0.3 is 0 Å². The zero-order valence-electron chi connectivity index (χ0n) is 11.7. The monoisotopic (exact) mass is 372 g/mol. The molecule has 0 fully saturated rings. The van der Waals surface area contributed by atoms with E-state index in [2.05, 4.69) is 16.4 Å². The minimum atomic E-state index is 0. The predicted octanol–water partition coefficient (Wildman–Crippen LogP) is 5.06. The zero-order chi connectivity index (χ0) is 14.7. The molecule has 2 aromatic carbocycles. The van der Waals surface area contributed by atoms with Gasteiger partial charge in [-0.1, -0.05) is 47.5 Å². The maximum Gasteiger partial charge on any atom is 0.128 e. The largest absolute Gasteiger partial charge is 0.368 e. The molecule has 0 saturated carbocycles. The van der Waals surface area contributed by atoms with Gasteiger partial charge in [-0.2, -0.15) is 0 Å². The normalized spacial score (nSPS) is 13.3. The van der Waals surface area contributed by atoms with Gasteiger partial charge in [0.1, 0.15) is 5.84 Å². The summed E-state index contributed by atoms with van der Waals surface area (Å²) >= 11 is 14.2. The number of aliphatic imine (C=N–C) groups is 1. The van der Waals surface area contributed by atoms with Crippen LogP contribution >= 0.6 is 47.4 Å². The van der Waals surface area contributed by atoms with Crippen molar-refractivity contribution in [3.8, 4) is 0 Å². The third-order valence-corrected chi connectivity index (χ3v) is 5.14. The van der Waals surface area contributed by atoms with Gasteiger partial charge in [0.05, 0.1) is 11.6 Å². The molecule has 0 spiro atoms. The van der Waals surface area contributed by atoms with Crippen LogP contribution in [0.3, 0.4) is 0 Å². The Morgan fingerprint density at radius 1 is 1.09 bits per heavy atom. The van der Waals surface area contributed by atoms with Crippen LogP contribution in [0.25, 0.3) is 0 Å². The molecule has 1 heterocycles. The summed E-state index contributed by atoms with van der Waals surface area (Å²) in [7, 11) is 0. The number of nitrogens with one attached hydrogen (secondary N) is 1. The molecule has 0 amide bonds. The van der Waals surface area contributed by atoms with Gasteiger partial charge in [0.25, 0.3) is 0 Å². The Morgan fingerprint density at radius 2 is 1.91 bits per heavy atom. The highest BCUT2D eigenvalue weighted by Gasteiger charge is 2.11. The second-order valence-corrected chi connectivity index (χ2v) is 6.51. The molecule has 2 nitrogen and oxygen atoms in total. The van der Waals surface area contributed by atoms with Crippen molar-refractivity contribution in [2.24, 2.45) is 4.99 Å². The lowest BCUT2D eigenvalue weighted by atomic mass is 10.2. The van der Waals surface area contributed by atoms with Crippen molar-refractivity contribution in [2.75, 3.05) is 13.1 Å². The quantitative estimate of drug-likeness (QED) is 0.758. The Bertz CT molecular complexity index is 689. The number of thioether (sulfide) groups is 1. The van der Waals surface area contributed by atoms with Crippen LogP contribution in [0.2, 0.25) is 10.0 Å². The SMILES string of the molecule is Cl.Clc1ccccc1CSc1ccc(C2=NCCN2)cc1Cl. The van der Waals surface area contributed by atoms with Gasteiger partial charge in [-0.25, -0.2) is 0 Å². The van der Waals surface area contributed by atoms with E-state index >= 15 is 0 Å². The molecule has 1 aliphatic heterocycles. The van der Waals surface area contributed by atoms with Crippen LogP contribution < -0.4 is 5.32 Å². The summed E-state index contributed by atoms with van der Waals surface area (Å²) in [4.78, 5) is 5.46. The molecule has 1 N–H and O–H groups in total. The first-order valence-electron chi connectivity index (χ1n) is 6.68. The van der Waals surface area contributed by atoms with Crippen LogP contribution in [-0.2, 0) is 5.75 Å². The maximum atomic E-state index is 6.38. The molecule has 0 saturated heterocycles. The van der Waals surface area contributed by atoms with Gasteiger partial charge in [0, 0.05) is 27.8 Å². The molecule has 3 rings (SSSR count). The summed E-state index contributed by atoms with van der Waals surface area (Å²) in [5.41, 5.74) is 2.16. The molecular formula is C16H15Cl3N2S. The van der Waals surface area contributed by atoms with E-state index in [1.165, 1.54) is 0 Å². The number of nitrogens with zero attached hydrogens (tertiary/aromatic N) is 1. The molecule has 0 bridgehead atoms. The van der Waals surface area contributed by atoms with E-state index in [4.69, 9.17) is 23.2 Å². The summed E-state index contributed by atoms with van der Waals surface area (Å²) in [5.74, 6) is 1.73. The second-order valence-electron chi connectivity index (χ2n) is 4.68. The first kappa shape index (κ1) is 17.5. The number of benzene rings is 2. The van der Waals surface area contributed by atoms with E-state index in [0.717, 1.165) is 50.7 Å². The zero-order valence-corrected chi connectivity index (χ0v) is 14.8. The lowest BCUT2D eigenvalue weighted by Crippen LogP contribution is -2.19. The molecule has 116 valence electrons. The number of hydrogen-bond acceptors (Lipinski definition) is 3. The molecule has 0 atom stereocenters. The van der Waals surface area contributed by atoms with Gasteiger partial charge in [0.2, 0.25) is 0 Å². The van der Waals surface area contributed by atoms with E-state index in [1.807, 2.05) is 36.4 Å². The van der Waals surface area contributed by atoms with Crippen LogP contribution in [0.4, 0.5) is 0 Å². The summed E-state index contributed by atoms with van der Waals surface area (Å²) in [6.45, 7) is 1.73. The Morgan fingerprint density at radius 3 is 2.59 bits per heavy atom. The molecule has 6 heteroatoms. The fourth-order valence-corrected chi connectivity index (χ4v) is 3.68. The van der Waals surface area contributed by atoms with Crippen molar-refractivity contribution < 1.29 is 0 Å². The second kappa shape index (κ2) is 8.11. The Labute approximate surface area is 150 Å². The van der Waals surface area contributed by atoms with Crippen molar-refractivity contribution in [3.63, 3.8) is 0 Å². The Hall–Kier alpha value is -0.870. The number of rotatable bonds is 4. The first-order chi connectivity index (χ1) is 10.2.